The molecule has 1 heterocycles. The van der Waals surface area contributed by atoms with E-state index in [9.17, 15) is 0 Å². The minimum absolute atomic E-state index is 0.283. The lowest BCUT2D eigenvalue weighted by Gasteiger charge is -2.29. The molecular formula is C14H20N2O2S. The molecule has 0 spiro atoms. The Labute approximate surface area is 119 Å². The van der Waals surface area contributed by atoms with Crippen molar-refractivity contribution in [1.29, 1.82) is 0 Å². The summed E-state index contributed by atoms with van der Waals surface area (Å²) in [4.78, 5) is 0.394. The maximum Gasteiger partial charge on any atom is 0.120 e. The normalized spacial score (nSPS) is 22.8. The number of nitrogens with two attached hydrogens (primary N) is 1. The van der Waals surface area contributed by atoms with E-state index in [-0.39, 0.29) is 6.10 Å². The van der Waals surface area contributed by atoms with Gasteiger partial charge in [-0.3, -0.25) is 0 Å². The molecule has 2 atom stereocenters. The lowest BCUT2D eigenvalue weighted by atomic mass is 10.0. The number of benzene rings is 1. The zero-order chi connectivity index (χ0) is 13.8. The lowest BCUT2D eigenvalue weighted by Crippen LogP contribution is -2.33. The van der Waals surface area contributed by atoms with Crippen LogP contribution in [-0.4, -0.2) is 30.9 Å². The summed E-state index contributed by atoms with van der Waals surface area (Å²) < 4.78 is 10.8. The maximum atomic E-state index is 5.76. The Morgan fingerprint density at radius 2 is 2.32 bits per heavy atom. The molecule has 3 N–H and O–H groups in total. The summed E-state index contributed by atoms with van der Waals surface area (Å²) in [6.45, 7) is 2.87. The van der Waals surface area contributed by atoms with Gasteiger partial charge >= 0.3 is 0 Å². The fraction of sp³-hybridized carbons (Fsp3) is 0.500. The van der Waals surface area contributed by atoms with Crippen LogP contribution < -0.4 is 15.8 Å². The first-order valence-electron chi connectivity index (χ1n) is 6.46. The molecule has 1 aromatic rings. The summed E-state index contributed by atoms with van der Waals surface area (Å²) in [6.07, 6.45) is 2.25. The summed E-state index contributed by atoms with van der Waals surface area (Å²) in [6, 6.07) is 6.08. The van der Waals surface area contributed by atoms with Crippen molar-refractivity contribution in [1.82, 2.24) is 0 Å². The first-order valence-corrected chi connectivity index (χ1v) is 6.87. The average molecular weight is 280 g/mol. The van der Waals surface area contributed by atoms with E-state index >= 15 is 0 Å². The summed E-state index contributed by atoms with van der Waals surface area (Å²) in [5.41, 5.74) is 7.56. The van der Waals surface area contributed by atoms with Crippen molar-refractivity contribution >= 4 is 22.9 Å². The molecule has 1 aliphatic rings. The van der Waals surface area contributed by atoms with Crippen LogP contribution in [0, 0.1) is 0 Å². The lowest BCUT2D eigenvalue weighted by molar-refractivity contribution is 0.0232. The summed E-state index contributed by atoms with van der Waals surface area (Å²) in [5, 5.41) is 3.51. The van der Waals surface area contributed by atoms with Crippen LogP contribution in [0.2, 0.25) is 0 Å². The predicted molar refractivity (Wildman–Crippen MR) is 80.9 cm³/mol. The predicted octanol–water partition coefficient (Wildman–Crippen LogP) is 2.31. The van der Waals surface area contributed by atoms with Gasteiger partial charge in [-0.15, -0.1) is 0 Å². The van der Waals surface area contributed by atoms with Gasteiger partial charge in [-0.05, 0) is 31.9 Å². The Balaban J connectivity index is 2.19. The summed E-state index contributed by atoms with van der Waals surface area (Å²) in [7, 11) is 1.65. The van der Waals surface area contributed by atoms with E-state index in [2.05, 4.69) is 12.2 Å². The number of hydrogen-bond donors (Lipinski definition) is 2. The number of nitrogens with one attached hydrogen (secondary N) is 1. The van der Waals surface area contributed by atoms with Crippen LogP contribution in [0.5, 0.6) is 5.75 Å². The van der Waals surface area contributed by atoms with Gasteiger partial charge in [0.1, 0.15) is 10.7 Å². The van der Waals surface area contributed by atoms with Gasteiger partial charge in [0.15, 0.2) is 0 Å². The van der Waals surface area contributed by atoms with E-state index in [1.807, 2.05) is 18.2 Å². The zero-order valence-corrected chi connectivity index (χ0v) is 12.1. The van der Waals surface area contributed by atoms with Crippen molar-refractivity contribution < 1.29 is 9.47 Å². The zero-order valence-electron chi connectivity index (χ0n) is 11.3. The molecule has 104 valence electrons. The SMILES string of the molecule is COc1ccc(C(N)=S)c(NC2CCOC(C)C2)c1. The van der Waals surface area contributed by atoms with Gasteiger partial charge in [-0.25, -0.2) is 0 Å². The molecule has 0 bridgehead atoms. The molecule has 4 nitrogen and oxygen atoms in total. The highest BCUT2D eigenvalue weighted by Gasteiger charge is 2.20. The van der Waals surface area contributed by atoms with E-state index in [1.165, 1.54) is 0 Å². The first kappa shape index (κ1) is 14.1. The summed E-state index contributed by atoms with van der Waals surface area (Å²) >= 11 is 5.09. The molecule has 0 amide bonds. The van der Waals surface area contributed by atoms with Crippen molar-refractivity contribution in [2.75, 3.05) is 19.0 Å². The van der Waals surface area contributed by atoms with Crippen molar-refractivity contribution in [2.45, 2.75) is 31.9 Å². The van der Waals surface area contributed by atoms with Gasteiger partial charge in [0.05, 0.1) is 13.2 Å². The van der Waals surface area contributed by atoms with Gasteiger partial charge in [-0.1, -0.05) is 12.2 Å². The Hall–Kier alpha value is -1.33. The molecule has 2 unspecified atom stereocenters. The molecule has 0 aliphatic carbocycles. The Bertz CT molecular complexity index is 465. The molecule has 0 saturated carbocycles. The van der Waals surface area contributed by atoms with Gasteiger partial charge in [-0.2, -0.15) is 0 Å². The molecule has 1 fully saturated rings. The number of ether oxygens (including phenoxy) is 2. The van der Waals surface area contributed by atoms with E-state index in [0.717, 1.165) is 36.4 Å². The number of methoxy groups -OCH3 is 1. The molecule has 1 saturated heterocycles. The number of thiocarbonyl (C=S) groups is 1. The van der Waals surface area contributed by atoms with Crippen LogP contribution in [0.4, 0.5) is 5.69 Å². The minimum Gasteiger partial charge on any atom is -0.497 e. The number of hydrogen-bond acceptors (Lipinski definition) is 4. The highest BCUT2D eigenvalue weighted by molar-refractivity contribution is 7.80. The fourth-order valence-corrected chi connectivity index (χ4v) is 2.51. The smallest absolute Gasteiger partial charge is 0.120 e. The Morgan fingerprint density at radius 1 is 1.53 bits per heavy atom. The van der Waals surface area contributed by atoms with E-state index in [1.54, 1.807) is 7.11 Å². The van der Waals surface area contributed by atoms with E-state index < -0.39 is 0 Å². The third kappa shape index (κ3) is 3.58. The van der Waals surface area contributed by atoms with Crippen LogP contribution in [0.3, 0.4) is 0 Å². The fourth-order valence-electron chi connectivity index (χ4n) is 2.33. The second-order valence-corrected chi connectivity index (χ2v) is 5.26. The highest BCUT2D eigenvalue weighted by atomic mass is 32.1. The first-order chi connectivity index (χ1) is 9.10. The quantitative estimate of drug-likeness (QED) is 0.829. The second-order valence-electron chi connectivity index (χ2n) is 4.82. The maximum absolute atomic E-state index is 5.76. The van der Waals surface area contributed by atoms with Gasteiger partial charge in [0.2, 0.25) is 0 Å². The van der Waals surface area contributed by atoms with E-state index in [0.29, 0.717) is 11.0 Å². The standard InChI is InChI=1S/C14H20N2O2S/c1-9-7-10(5-6-18-9)16-13-8-11(17-2)3-4-12(13)14(15)19/h3-4,8-10,16H,5-7H2,1-2H3,(H2,15,19). The van der Waals surface area contributed by atoms with Gasteiger partial charge < -0.3 is 20.5 Å². The Morgan fingerprint density at radius 3 is 2.95 bits per heavy atom. The van der Waals surface area contributed by atoms with Crippen LogP contribution in [0.1, 0.15) is 25.3 Å². The van der Waals surface area contributed by atoms with Crippen molar-refractivity contribution in [2.24, 2.45) is 5.73 Å². The van der Waals surface area contributed by atoms with Crippen LogP contribution in [-0.2, 0) is 4.74 Å². The van der Waals surface area contributed by atoms with Crippen molar-refractivity contribution in [3.8, 4) is 5.75 Å². The van der Waals surface area contributed by atoms with Crippen LogP contribution in [0.25, 0.3) is 0 Å². The van der Waals surface area contributed by atoms with Crippen LogP contribution in [0.15, 0.2) is 18.2 Å². The Kier molecular flexibility index (Phi) is 4.61. The molecule has 5 heteroatoms. The van der Waals surface area contributed by atoms with Gasteiger partial charge in [0, 0.05) is 30.0 Å². The summed E-state index contributed by atoms with van der Waals surface area (Å²) in [5.74, 6) is 0.794. The van der Waals surface area contributed by atoms with Crippen LogP contribution >= 0.6 is 12.2 Å². The molecular weight excluding hydrogens is 260 g/mol. The monoisotopic (exact) mass is 280 g/mol. The third-order valence-electron chi connectivity index (χ3n) is 3.34. The number of rotatable bonds is 4. The molecule has 0 radical (unpaired) electrons. The molecule has 0 aromatic heterocycles. The minimum atomic E-state index is 0.283. The molecule has 2 rings (SSSR count). The topological polar surface area (TPSA) is 56.5 Å². The van der Waals surface area contributed by atoms with Gasteiger partial charge in [0.25, 0.3) is 0 Å². The average Bonchev–Trinajstić information content (AvgIpc) is 2.38. The van der Waals surface area contributed by atoms with Crippen molar-refractivity contribution in [3.63, 3.8) is 0 Å². The molecule has 19 heavy (non-hydrogen) atoms. The van der Waals surface area contributed by atoms with Crippen molar-refractivity contribution in [3.05, 3.63) is 23.8 Å². The second kappa shape index (κ2) is 6.21. The third-order valence-corrected chi connectivity index (χ3v) is 3.56. The highest BCUT2D eigenvalue weighted by Crippen LogP contribution is 2.26. The number of anilines is 1. The molecule has 1 aromatic carbocycles. The largest absolute Gasteiger partial charge is 0.497 e. The molecule has 1 aliphatic heterocycles. The van der Waals surface area contributed by atoms with E-state index in [4.69, 9.17) is 27.4 Å².